The van der Waals surface area contributed by atoms with E-state index in [9.17, 15) is 0 Å². The maximum Gasteiger partial charge on any atom is -0.00589 e. The Morgan fingerprint density at radius 3 is 1.43 bits per heavy atom. The second-order valence-electron chi connectivity index (χ2n) is 10.1. The van der Waals surface area contributed by atoms with E-state index in [1.807, 2.05) is 0 Å². The highest BCUT2D eigenvalue weighted by molar-refractivity contribution is 5.42. The summed E-state index contributed by atoms with van der Waals surface area (Å²) in [5.41, 5.74) is 6.57. The van der Waals surface area contributed by atoms with E-state index in [-0.39, 0.29) is 0 Å². The lowest BCUT2D eigenvalue weighted by Crippen LogP contribution is -2.12. The molecule has 2 saturated carbocycles. The van der Waals surface area contributed by atoms with Gasteiger partial charge in [0.2, 0.25) is 0 Å². The van der Waals surface area contributed by atoms with E-state index in [0.29, 0.717) is 0 Å². The van der Waals surface area contributed by atoms with Gasteiger partial charge >= 0.3 is 0 Å². The molecule has 6 aliphatic rings. The van der Waals surface area contributed by atoms with E-state index in [1.54, 1.807) is 22.3 Å². The molecule has 0 heterocycles. The summed E-state index contributed by atoms with van der Waals surface area (Å²) in [6.07, 6.45) is 15.4. The summed E-state index contributed by atoms with van der Waals surface area (Å²) < 4.78 is 0. The van der Waals surface area contributed by atoms with Gasteiger partial charge in [0.1, 0.15) is 0 Å². The fraction of sp³-hybridized carbons (Fsp3) is 0.429. The van der Waals surface area contributed by atoms with Crippen LogP contribution in [0, 0.1) is 35.5 Å². The van der Waals surface area contributed by atoms with Crippen molar-refractivity contribution in [3.8, 4) is 0 Å². The highest BCUT2D eigenvalue weighted by atomic mass is 14.5. The largest absolute Gasteiger partial charge is 0.0848 e. The number of fused-ring (bicyclic) bond motifs is 14. The van der Waals surface area contributed by atoms with Crippen LogP contribution in [0.15, 0.2) is 72.8 Å². The lowest BCUT2D eigenvalue weighted by molar-refractivity contribution is 0.426. The fourth-order valence-electron chi connectivity index (χ4n) is 7.93. The number of allylic oxidation sites excluding steroid dienone is 4. The van der Waals surface area contributed by atoms with Gasteiger partial charge in [0.25, 0.3) is 0 Å². The predicted molar refractivity (Wildman–Crippen MR) is 114 cm³/mol. The van der Waals surface area contributed by atoms with Gasteiger partial charge in [0.05, 0.1) is 0 Å². The first-order chi connectivity index (χ1) is 13.9. The van der Waals surface area contributed by atoms with Crippen LogP contribution < -0.4 is 0 Å². The zero-order valence-corrected chi connectivity index (χ0v) is 16.4. The maximum atomic E-state index is 2.47. The Morgan fingerprint density at radius 2 is 0.929 bits per heavy atom. The van der Waals surface area contributed by atoms with Crippen molar-refractivity contribution in [3.05, 3.63) is 95.1 Å². The molecule has 0 nitrogen and oxygen atoms in total. The van der Waals surface area contributed by atoms with Crippen LogP contribution in [0.4, 0.5) is 0 Å². The molecule has 0 saturated heterocycles. The fourth-order valence-corrected chi connectivity index (χ4v) is 7.93. The average molecular weight is 365 g/mol. The molecule has 0 amide bonds. The van der Waals surface area contributed by atoms with E-state index in [2.05, 4.69) is 72.8 Å². The third-order valence-corrected chi connectivity index (χ3v) is 8.98. The summed E-state index contributed by atoms with van der Waals surface area (Å²) in [6, 6.07) is 18.2. The Balaban J connectivity index is 0.000000103. The molecule has 4 bridgehead atoms. The van der Waals surface area contributed by atoms with Crippen molar-refractivity contribution in [2.24, 2.45) is 35.5 Å². The first-order valence-electron chi connectivity index (χ1n) is 11.4. The number of benzene rings is 2. The van der Waals surface area contributed by atoms with Crippen molar-refractivity contribution >= 4 is 0 Å². The summed E-state index contributed by atoms with van der Waals surface area (Å²) in [6.45, 7) is 0. The van der Waals surface area contributed by atoms with E-state index < -0.39 is 0 Å². The quantitative estimate of drug-likeness (QED) is 0.481. The first-order valence-corrected chi connectivity index (χ1v) is 11.4. The second kappa shape index (κ2) is 5.72. The third kappa shape index (κ3) is 2.07. The van der Waals surface area contributed by atoms with E-state index in [0.717, 1.165) is 47.3 Å². The molecule has 6 aliphatic carbocycles. The van der Waals surface area contributed by atoms with Crippen molar-refractivity contribution in [2.45, 2.75) is 37.5 Å². The Hall–Kier alpha value is -2.08. The van der Waals surface area contributed by atoms with Crippen molar-refractivity contribution in [1.29, 1.82) is 0 Å². The van der Waals surface area contributed by atoms with Crippen molar-refractivity contribution in [3.63, 3.8) is 0 Å². The molecule has 8 unspecified atom stereocenters. The smallest absolute Gasteiger partial charge is 0.00589 e. The van der Waals surface area contributed by atoms with Crippen LogP contribution in [0.1, 0.15) is 46.9 Å². The van der Waals surface area contributed by atoms with Crippen LogP contribution in [0.3, 0.4) is 0 Å². The Bertz CT molecular complexity index is 913. The van der Waals surface area contributed by atoms with Gasteiger partial charge in [-0.15, -0.1) is 0 Å². The molecule has 0 aromatic heterocycles. The molecule has 0 radical (unpaired) electrons. The van der Waals surface area contributed by atoms with Gasteiger partial charge in [-0.05, 0) is 95.3 Å². The van der Waals surface area contributed by atoms with Crippen molar-refractivity contribution < 1.29 is 0 Å². The van der Waals surface area contributed by atoms with Crippen LogP contribution in [-0.4, -0.2) is 0 Å². The maximum absolute atomic E-state index is 2.47. The monoisotopic (exact) mass is 364 g/mol. The summed E-state index contributed by atoms with van der Waals surface area (Å²) in [5, 5.41) is 0. The molecule has 0 aliphatic heterocycles. The third-order valence-electron chi connectivity index (χ3n) is 8.98. The molecular formula is C28H28. The van der Waals surface area contributed by atoms with Gasteiger partial charge in [-0.1, -0.05) is 72.8 Å². The van der Waals surface area contributed by atoms with E-state index >= 15 is 0 Å². The number of hydrogen-bond acceptors (Lipinski definition) is 0. The molecule has 28 heavy (non-hydrogen) atoms. The van der Waals surface area contributed by atoms with Crippen LogP contribution in [0.25, 0.3) is 0 Å². The molecule has 2 aromatic rings. The minimum atomic E-state index is 0.869. The molecule has 0 spiro atoms. The zero-order valence-electron chi connectivity index (χ0n) is 16.4. The lowest BCUT2D eigenvalue weighted by Gasteiger charge is -2.20. The molecule has 8 rings (SSSR count). The van der Waals surface area contributed by atoms with Crippen LogP contribution >= 0.6 is 0 Å². The van der Waals surface area contributed by atoms with Crippen LogP contribution in [0.2, 0.25) is 0 Å². The van der Waals surface area contributed by atoms with Gasteiger partial charge in [-0.3, -0.25) is 0 Å². The van der Waals surface area contributed by atoms with E-state index in [4.69, 9.17) is 0 Å². The van der Waals surface area contributed by atoms with E-state index in [1.165, 1.54) is 25.7 Å². The molecule has 2 fully saturated rings. The summed E-state index contributed by atoms with van der Waals surface area (Å²) in [4.78, 5) is 0. The van der Waals surface area contributed by atoms with Gasteiger partial charge in [-0.25, -0.2) is 0 Å². The Morgan fingerprint density at radius 1 is 0.500 bits per heavy atom. The van der Waals surface area contributed by atoms with Gasteiger partial charge in [0.15, 0.2) is 0 Å². The van der Waals surface area contributed by atoms with Crippen molar-refractivity contribution in [1.82, 2.24) is 0 Å². The summed E-state index contributed by atoms with van der Waals surface area (Å²) in [5.74, 6) is 7.18. The molecule has 8 atom stereocenters. The zero-order chi connectivity index (χ0) is 18.2. The summed E-state index contributed by atoms with van der Waals surface area (Å²) in [7, 11) is 0. The SMILES string of the molecule is C1=CC2CC1C1Cc3ccccc3C21.C1=CC2CC1C1Cc3ccccc3C21. The molecule has 2 aromatic carbocycles. The lowest BCUT2D eigenvalue weighted by atomic mass is 9.84. The Labute approximate surface area is 168 Å². The van der Waals surface area contributed by atoms with Gasteiger partial charge in [-0.2, -0.15) is 0 Å². The molecule has 0 N–H and O–H groups in total. The average Bonchev–Trinajstić information content (AvgIpc) is 3.55. The molecular weight excluding hydrogens is 336 g/mol. The normalized spacial score (nSPS) is 41.4. The standard InChI is InChI=1S/2C14H14/c2*1-2-4-12-9(3-1)8-13-10-5-6-11(7-10)14(12)13/h2*1-6,10-11,13-14H,7-8H2. The highest BCUT2D eigenvalue weighted by Gasteiger charge is 2.49. The number of hydrogen-bond donors (Lipinski definition) is 0. The van der Waals surface area contributed by atoms with Crippen LogP contribution in [-0.2, 0) is 12.8 Å². The predicted octanol–water partition coefficient (Wildman–Crippen LogP) is 6.30. The molecule has 140 valence electrons. The minimum Gasteiger partial charge on any atom is -0.0848 e. The number of rotatable bonds is 0. The second-order valence-corrected chi connectivity index (χ2v) is 10.1. The topological polar surface area (TPSA) is 0 Å². The van der Waals surface area contributed by atoms with Crippen LogP contribution in [0.5, 0.6) is 0 Å². The van der Waals surface area contributed by atoms with Gasteiger partial charge in [0, 0.05) is 0 Å². The Kier molecular flexibility index (Phi) is 3.23. The molecule has 0 heteroatoms. The van der Waals surface area contributed by atoms with Crippen molar-refractivity contribution in [2.75, 3.05) is 0 Å². The first kappa shape index (κ1) is 15.8. The van der Waals surface area contributed by atoms with Gasteiger partial charge < -0.3 is 0 Å². The summed E-state index contributed by atoms with van der Waals surface area (Å²) >= 11 is 0. The minimum absolute atomic E-state index is 0.869. The highest BCUT2D eigenvalue weighted by Crippen LogP contribution is 2.59.